The van der Waals surface area contributed by atoms with Gasteiger partial charge < -0.3 is 10.6 Å². The van der Waals surface area contributed by atoms with Crippen molar-refractivity contribution in [2.75, 3.05) is 18.9 Å². The molecule has 0 fully saturated rings. The molecule has 0 unspecified atom stereocenters. The molecule has 0 saturated carbocycles. The number of nitrogens with one attached hydrogen (secondary N) is 2. The zero-order valence-corrected chi connectivity index (χ0v) is 12.7. The van der Waals surface area contributed by atoms with E-state index in [0.717, 1.165) is 18.8 Å². The summed E-state index contributed by atoms with van der Waals surface area (Å²) in [6.45, 7) is 13.5. The van der Waals surface area contributed by atoms with Gasteiger partial charge in [0.05, 0.1) is 0 Å². The van der Waals surface area contributed by atoms with Gasteiger partial charge in [0.1, 0.15) is 0 Å². The first-order valence-corrected chi connectivity index (χ1v) is 6.74. The van der Waals surface area contributed by atoms with Gasteiger partial charge in [-0.2, -0.15) is 0 Å². The van der Waals surface area contributed by atoms with Gasteiger partial charge in [-0.15, -0.1) is 0 Å². The molecule has 1 aromatic rings. The van der Waals surface area contributed by atoms with Crippen molar-refractivity contribution in [3.8, 4) is 0 Å². The SMILES string of the molecule is CNc1ccc(CNCC(C)(C)C(C)(C)C)cc1. The molecule has 0 aromatic heterocycles. The van der Waals surface area contributed by atoms with Gasteiger partial charge in [-0.1, -0.05) is 46.8 Å². The monoisotopic (exact) mass is 248 g/mol. The van der Waals surface area contributed by atoms with E-state index < -0.39 is 0 Å². The molecule has 0 radical (unpaired) electrons. The first-order chi connectivity index (χ1) is 8.26. The fourth-order valence-electron chi connectivity index (χ4n) is 1.57. The molecule has 0 aliphatic heterocycles. The van der Waals surface area contributed by atoms with Crippen molar-refractivity contribution < 1.29 is 0 Å². The van der Waals surface area contributed by atoms with Crippen molar-refractivity contribution in [3.63, 3.8) is 0 Å². The lowest BCUT2D eigenvalue weighted by atomic mass is 9.69. The Kier molecular flexibility index (Phi) is 4.80. The maximum Gasteiger partial charge on any atom is 0.0337 e. The Morgan fingerprint density at radius 3 is 1.94 bits per heavy atom. The minimum atomic E-state index is 0.290. The van der Waals surface area contributed by atoms with Crippen LogP contribution in [0.3, 0.4) is 0 Å². The molecular formula is C16H28N2. The molecule has 0 atom stereocenters. The molecule has 102 valence electrons. The highest BCUT2D eigenvalue weighted by atomic mass is 14.9. The molecule has 2 N–H and O–H groups in total. The van der Waals surface area contributed by atoms with Gasteiger partial charge in [0.25, 0.3) is 0 Å². The molecule has 2 heteroatoms. The van der Waals surface area contributed by atoms with E-state index in [-0.39, 0.29) is 5.41 Å². The van der Waals surface area contributed by atoms with Crippen molar-refractivity contribution in [3.05, 3.63) is 29.8 Å². The lowest BCUT2D eigenvalue weighted by molar-refractivity contribution is 0.129. The van der Waals surface area contributed by atoms with Crippen LogP contribution in [0.1, 0.15) is 40.2 Å². The first-order valence-electron chi connectivity index (χ1n) is 6.74. The summed E-state index contributed by atoms with van der Waals surface area (Å²) in [5.74, 6) is 0. The first kappa shape index (κ1) is 15.0. The van der Waals surface area contributed by atoms with Crippen molar-refractivity contribution in [1.29, 1.82) is 0 Å². The van der Waals surface area contributed by atoms with E-state index in [1.165, 1.54) is 5.56 Å². The highest BCUT2D eigenvalue weighted by molar-refractivity contribution is 5.43. The van der Waals surface area contributed by atoms with Crippen LogP contribution < -0.4 is 10.6 Å². The van der Waals surface area contributed by atoms with Gasteiger partial charge in [-0.3, -0.25) is 0 Å². The van der Waals surface area contributed by atoms with Crippen LogP contribution in [-0.4, -0.2) is 13.6 Å². The highest BCUT2D eigenvalue weighted by Crippen LogP contribution is 2.36. The molecule has 0 amide bonds. The molecule has 18 heavy (non-hydrogen) atoms. The Morgan fingerprint density at radius 1 is 0.944 bits per heavy atom. The molecule has 2 nitrogen and oxygen atoms in total. The van der Waals surface area contributed by atoms with Gasteiger partial charge >= 0.3 is 0 Å². The lowest BCUT2D eigenvalue weighted by Crippen LogP contribution is -2.39. The van der Waals surface area contributed by atoms with Crippen molar-refractivity contribution in [1.82, 2.24) is 5.32 Å². The average molecular weight is 248 g/mol. The zero-order valence-electron chi connectivity index (χ0n) is 12.7. The minimum Gasteiger partial charge on any atom is -0.388 e. The second kappa shape index (κ2) is 5.75. The van der Waals surface area contributed by atoms with E-state index >= 15 is 0 Å². The Morgan fingerprint density at radius 2 is 1.50 bits per heavy atom. The van der Waals surface area contributed by atoms with E-state index in [1.807, 2.05) is 7.05 Å². The minimum absolute atomic E-state index is 0.290. The standard InChI is InChI=1S/C16H28N2/c1-15(2,3)16(4,5)12-18-11-13-7-9-14(17-6)10-8-13/h7-10,17-18H,11-12H2,1-6H3. The van der Waals surface area contributed by atoms with Crippen LogP contribution in [0, 0.1) is 10.8 Å². The van der Waals surface area contributed by atoms with E-state index in [2.05, 4.69) is 69.5 Å². The Bertz CT molecular complexity index is 358. The maximum atomic E-state index is 3.57. The van der Waals surface area contributed by atoms with Crippen molar-refractivity contribution >= 4 is 5.69 Å². The van der Waals surface area contributed by atoms with Gasteiger partial charge in [-0.05, 0) is 28.5 Å². The normalized spacial score (nSPS) is 12.6. The van der Waals surface area contributed by atoms with Gasteiger partial charge in [-0.25, -0.2) is 0 Å². The molecule has 1 aromatic carbocycles. The molecule has 0 bridgehead atoms. The molecule has 0 aliphatic rings. The molecular weight excluding hydrogens is 220 g/mol. The van der Waals surface area contributed by atoms with Gasteiger partial charge in [0, 0.05) is 25.8 Å². The van der Waals surface area contributed by atoms with E-state index in [9.17, 15) is 0 Å². The van der Waals surface area contributed by atoms with E-state index in [0.29, 0.717) is 5.41 Å². The smallest absolute Gasteiger partial charge is 0.0337 e. The molecule has 0 heterocycles. The maximum absolute atomic E-state index is 3.57. The van der Waals surface area contributed by atoms with Crippen LogP contribution in [0.25, 0.3) is 0 Å². The van der Waals surface area contributed by atoms with Crippen LogP contribution in [-0.2, 0) is 6.54 Å². The molecule has 0 aliphatic carbocycles. The number of rotatable bonds is 5. The predicted octanol–water partition coefficient (Wildman–Crippen LogP) is 3.89. The number of anilines is 1. The summed E-state index contributed by atoms with van der Waals surface area (Å²) in [6.07, 6.45) is 0. The Labute approximate surface area is 112 Å². The zero-order chi connectivity index (χ0) is 13.8. The molecule has 0 spiro atoms. The third-order valence-electron chi connectivity index (χ3n) is 4.17. The van der Waals surface area contributed by atoms with Crippen molar-refractivity contribution in [2.45, 2.75) is 41.2 Å². The van der Waals surface area contributed by atoms with E-state index in [4.69, 9.17) is 0 Å². The molecule has 0 saturated heterocycles. The second-order valence-electron chi connectivity index (χ2n) is 6.68. The highest BCUT2D eigenvalue weighted by Gasteiger charge is 2.31. The number of benzene rings is 1. The number of hydrogen-bond donors (Lipinski definition) is 2. The van der Waals surface area contributed by atoms with Crippen LogP contribution in [0.4, 0.5) is 5.69 Å². The van der Waals surface area contributed by atoms with Crippen LogP contribution >= 0.6 is 0 Å². The van der Waals surface area contributed by atoms with Crippen LogP contribution in [0.2, 0.25) is 0 Å². The third kappa shape index (κ3) is 4.02. The van der Waals surface area contributed by atoms with Gasteiger partial charge in [0.15, 0.2) is 0 Å². The second-order valence-corrected chi connectivity index (χ2v) is 6.68. The largest absolute Gasteiger partial charge is 0.388 e. The fraction of sp³-hybridized carbons (Fsp3) is 0.625. The van der Waals surface area contributed by atoms with Crippen LogP contribution in [0.5, 0.6) is 0 Å². The summed E-state index contributed by atoms with van der Waals surface area (Å²) in [5.41, 5.74) is 3.10. The predicted molar refractivity (Wildman–Crippen MR) is 80.9 cm³/mol. The van der Waals surface area contributed by atoms with E-state index in [1.54, 1.807) is 0 Å². The lowest BCUT2D eigenvalue weighted by Gasteiger charge is -2.39. The summed E-state index contributed by atoms with van der Waals surface area (Å²) in [7, 11) is 1.94. The van der Waals surface area contributed by atoms with Crippen molar-refractivity contribution in [2.24, 2.45) is 10.8 Å². The topological polar surface area (TPSA) is 24.1 Å². The quantitative estimate of drug-likeness (QED) is 0.826. The third-order valence-corrected chi connectivity index (χ3v) is 4.17. The van der Waals surface area contributed by atoms with Gasteiger partial charge in [0.2, 0.25) is 0 Å². The summed E-state index contributed by atoms with van der Waals surface area (Å²) < 4.78 is 0. The number of hydrogen-bond acceptors (Lipinski definition) is 2. The average Bonchev–Trinajstić information content (AvgIpc) is 2.28. The Hall–Kier alpha value is -1.02. The summed E-state index contributed by atoms with van der Waals surface area (Å²) >= 11 is 0. The Balaban J connectivity index is 2.46. The summed E-state index contributed by atoms with van der Waals surface area (Å²) in [4.78, 5) is 0. The summed E-state index contributed by atoms with van der Waals surface area (Å²) in [6, 6.07) is 8.57. The van der Waals surface area contributed by atoms with Crippen LogP contribution in [0.15, 0.2) is 24.3 Å². The molecule has 1 rings (SSSR count). The summed E-state index contributed by atoms with van der Waals surface area (Å²) in [5, 5.41) is 6.70. The fourth-order valence-corrected chi connectivity index (χ4v) is 1.57.